The van der Waals surface area contributed by atoms with Crippen molar-refractivity contribution in [2.45, 2.75) is 26.7 Å². The summed E-state index contributed by atoms with van der Waals surface area (Å²) in [4.78, 5) is 22.7. The van der Waals surface area contributed by atoms with Crippen molar-refractivity contribution in [3.8, 4) is 11.3 Å². The molecule has 0 saturated heterocycles. The summed E-state index contributed by atoms with van der Waals surface area (Å²) in [7, 11) is 1.58. The minimum Gasteiger partial charge on any atom is -0.481 e. The van der Waals surface area contributed by atoms with Crippen LogP contribution in [0.1, 0.15) is 23.1 Å². The van der Waals surface area contributed by atoms with Crippen LogP contribution in [0.2, 0.25) is 0 Å². The third-order valence-corrected chi connectivity index (χ3v) is 3.40. The predicted octanol–water partition coefficient (Wildman–Crippen LogP) is 2.08. The molecule has 0 unspecified atom stereocenters. The van der Waals surface area contributed by atoms with E-state index in [4.69, 9.17) is 5.11 Å². The summed E-state index contributed by atoms with van der Waals surface area (Å²) in [6, 6.07) is 7.71. The molecule has 21 heavy (non-hydrogen) atoms. The number of nitrogens with zero attached hydrogens (tertiary/aromatic N) is 2. The number of carbonyl (C=O) groups is 1. The fourth-order valence-electron chi connectivity index (χ4n) is 2.32. The van der Waals surface area contributed by atoms with Crippen LogP contribution in [-0.4, -0.2) is 20.9 Å². The largest absolute Gasteiger partial charge is 0.481 e. The van der Waals surface area contributed by atoms with Crippen molar-refractivity contribution >= 4 is 5.97 Å². The number of carboxylic acid groups (broad SMARTS) is 1. The maximum Gasteiger partial charge on any atom is 0.303 e. The Morgan fingerprint density at radius 3 is 2.62 bits per heavy atom. The molecule has 0 amide bonds. The van der Waals surface area contributed by atoms with Crippen molar-refractivity contribution in [2.75, 3.05) is 0 Å². The lowest BCUT2D eigenvalue weighted by atomic mass is 10.0. The zero-order valence-electron chi connectivity index (χ0n) is 12.4. The molecule has 1 aromatic carbocycles. The van der Waals surface area contributed by atoms with Crippen LogP contribution in [0.25, 0.3) is 11.3 Å². The Labute approximate surface area is 122 Å². The van der Waals surface area contributed by atoms with Gasteiger partial charge in [0.2, 0.25) is 0 Å². The van der Waals surface area contributed by atoms with E-state index in [1.54, 1.807) is 13.1 Å². The van der Waals surface area contributed by atoms with Gasteiger partial charge in [0.05, 0.1) is 5.69 Å². The topological polar surface area (TPSA) is 72.2 Å². The third kappa shape index (κ3) is 3.37. The molecule has 0 bridgehead atoms. The van der Waals surface area contributed by atoms with Crippen LogP contribution in [0.4, 0.5) is 0 Å². The Kier molecular flexibility index (Phi) is 4.21. The van der Waals surface area contributed by atoms with Gasteiger partial charge in [-0.1, -0.05) is 23.8 Å². The first-order chi connectivity index (χ1) is 9.88. The fraction of sp³-hybridized carbons (Fsp3) is 0.312. The van der Waals surface area contributed by atoms with Crippen molar-refractivity contribution in [1.82, 2.24) is 9.78 Å². The van der Waals surface area contributed by atoms with E-state index < -0.39 is 5.97 Å². The van der Waals surface area contributed by atoms with E-state index >= 15 is 0 Å². The van der Waals surface area contributed by atoms with Gasteiger partial charge in [-0.25, -0.2) is 4.68 Å². The summed E-state index contributed by atoms with van der Waals surface area (Å²) in [6.07, 6.45) is 0.147. The van der Waals surface area contributed by atoms with E-state index in [9.17, 15) is 9.59 Å². The molecule has 1 heterocycles. The molecule has 5 nitrogen and oxygen atoms in total. The lowest BCUT2D eigenvalue weighted by Crippen LogP contribution is -2.24. The van der Waals surface area contributed by atoms with Crippen molar-refractivity contribution in [3.05, 3.63) is 51.3 Å². The lowest BCUT2D eigenvalue weighted by molar-refractivity contribution is -0.136. The van der Waals surface area contributed by atoms with Gasteiger partial charge >= 0.3 is 5.97 Å². The van der Waals surface area contributed by atoms with E-state index in [2.05, 4.69) is 11.2 Å². The monoisotopic (exact) mass is 286 g/mol. The maximum absolute atomic E-state index is 12.0. The van der Waals surface area contributed by atoms with Crippen LogP contribution in [0, 0.1) is 13.8 Å². The first-order valence-corrected chi connectivity index (χ1v) is 6.75. The molecule has 0 fully saturated rings. The van der Waals surface area contributed by atoms with E-state index in [1.165, 1.54) is 4.68 Å². The highest BCUT2D eigenvalue weighted by Gasteiger charge is 2.11. The predicted molar refractivity (Wildman–Crippen MR) is 80.3 cm³/mol. The average molecular weight is 286 g/mol. The zero-order valence-corrected chi connectivity index (χ0v) is 12.4. The van der Waals surface area contributed by atoms with Crippen LogP contribution in [-0.2, 0) is 18.3 Å². The molecule has 2 rings (SSSR count). The zero-order chi connectivity index (χ0) is 15.6. The normalized spacial score (nSPS) is 10.6. The molecule has 0 aliphatic rings. The molecule has 0 saturated carbocycles. The Morgan fingerprint density at radius 2 is 2.00 bits per heavy atom. The van der Waals surface area contributed by atoms with Crippen molar-refractivity contribution < 1.29 is 9.90 Å². The highest BCUT2D eigenvalue weighted by atomic mass is 16.4. The van der Waals surface area contributed by atoms with Gasteiger partial charge in [0.15, 0.2) is 0 Å². The van der Waals surface area contributed by atoms with E-state index in [1.807, 2.05) is 26.0 Å². The minimum atomic E-state index is -0.915. The minimum absolute atomic E-state index is 0.0639. The van der Waals surface area contributed by atoms with Crippen LogP contribution < -0.4 is 5.56 Å². The Morgan fingerprint density at radius 1 is 1.29 bits per heavy atom. The second-order valence-corrected chi connectivity index (χ2v) is 5.20. The number of carboxylic acids is 1. The summed E-state index contributed by atoms with van der Waals surface area (Å²) in [6.45, 7) is 4.01. The van der Waals surface area contributed by atoms with Gasteiger partial charge in [-0.15, -0.1) is 0 Å². The van der Waals surface area contributed by atoms with Crippen molar-refractivity contribution in [2.24, 2.45) is 7.05 Å². The number of hydrogen-bond donors (Lipinski definition) is 1. The number of aliphatic carboxylic acids is 1. The second kappa shape index (κ2) is 5.91. The lowest BCUT2D eigenvalue weighted by Gasteiger charge is -2.10. The second-order valence-electron chi connectivity index (χ2n) is 5.20. The summed E-state index contributed by atoms with van der Waals surface area (Å²) >= 11 is 0. The molecule has 5 heteroatoms. The van der Waals surface area contributed by atoms with E-state index in [0.29, 0.717) is 11.3 Å². The Balaban J connectivity index is 2.49. The molecular formula is C16H18N2O3. The summed E-state index contributed by atoms with van der Waals surface area (Å²) in [5.74, 6) is -0.915. The maximum atomic E-state index is 12.0. The number of rotatable bonds is 4. The number of aryl methyl sites for hydroxylation is 4. The number of benzene rings is 1. The smallest absolute Gasteiger partial charge is 0.303 e. The molecular weight excluding hydrogens is 268 g/mol. The average Bonchev–Trinajstić information content (AvgIpc) is 2.40. The number of hydrogen-bond acceptors (Lipinski definition) is 3. The Bertz CT molecular complexity index is 748. The van der Waals surface area contributed by atoms with Crippen LogP contribution in [0.15, 0.2) is 29.1 Å². The quantitative estimate of drug-likeness (QED) is 0.934. The molecule has 2 aromatic rings. The van der Waals surface area contributed by atoms with Gasteiger partial charge in [0.1, 0.15) is 0 Å². The van der Waals surface area contributed by atoms with Gasteiger partial charge in [-0.3, -0.25) is 9.59 Å². The van der Waals surface area contributed by atoms with E-state index in [-0.39, 0.29) is 18.4 Å². The van der Waals surface area contributed by atoms with Gasteiger partial charge in [-0.05, 0) is 31.9 Å². The van der Waals surface area contributed by atoms with E-state index in [0.717, 1.165) is 16.7 Å². The molecule has 0 spiro atoms. The van der Waals surface area contributed by atoms with Crippen LogP contribution in [0.3, 0.4) is 0 Å². The van der Waals surface area contributed by atoms with Crippen LogP contribution >= 0.6 is 0 Å². The Hall–Kier alpha value is -2.43. The first-order valence-electron chi connectivity index (χ1n) is 6.75. The SMILES string of the molecule is Cc1ccc(-c2cc(CCC(=O)O)c(=O)n(C)n2)c(C)c1. The molecule has 0 atom stereocenters. The molecule has 0 aliphatic heterocycles. The summed E-state index contributed by atoms with van der Waals surface area (Å²) < 4.78 is 1.27. The van der Waals surface area contributed by atoms with Crippen molar-refractivity contribution in [3.63, 3.8) is 0 Å². The number of aromatic nitrogens is 2. The molecule has 110 valence electrons. The third-order valence-electron chi connectivity index (χ3n) is 3.40. The molecule has 0 radical (unpaired) electrons. The van der Waals surface area contributed by atoms with Crippen molar-refractivity contribution in [1.29, 1.82) is 0 Å². The van der Waals surface area contributed by atoms with Gasteiger partial charge in [-0.2, -0.15) is 5.10 Å². The summed E-state index contributed by atoms with van der Waals surface area (Å²) in [5, 5.41) is 13.0. The molecule has 0 aliphatic carbocycles. The standard InChI is InChI=1S/C16H18N2O3/c1-10-4-6-13(11(2)8-10)14-9-12(5-7-15(19)20)16(21)18(3)17-14/h4,6,8-9H,5,7H2,1-3H3,(H,19,20). The molecule has 1 N–H and O–H groups in total. The fourth-order valence-corrected chi connectivity index (χ4v) is 2.32. The highest BCUT2D eigenvalue weighted by Crippen LogP contribution is 2.22. The van der Waals surface area contributed by atoms with Gasteiger partial charge in [0, 0.05) is 24.6 Å². The van der Waals surface area contributed by atoms with Crippen LogP contribution in [0.5, 0.6) is 0 Å². The van der Waals surface area contributed by atoms with Gasteiger partial charge < -0.3 is 5.11 Å². The first kappa shape index (κ1) is 15.0. The summed E-state index contributed by atoms with van der Waals surface area (Å²) in [5.41, 5.74) is 4.11. The molecule has 1 aromatic heterocycles. The highest BCUT2D eigenvalue weighted by molar-refractivity contribution is 5.67. The van der Waals surface area contributed by atoms with Gasteiger partial charge in [0.25, 0.3) is 5.56 Å².